The molecule has 0 fully saturated rings. The number of aldehydes is 1. The molecule has 0 bridgehead atoms. The molecule has 80 valence electrons. The Morgan fingerprint density at radius 1 is 1.27 bits per heavy atom. The summed E-state index contributed by atoms with van der Waals surface area (Å²) in [6, 6.07) is 8.38. The van der Waals surface area contributed by atoms with Gasteiger partial charge in [0, 0.05) is 0 Å². The van der Waals surface area contributed by atoms with Gasteiger partial charge in [0.2, 0.25) is 0 Å². The van der Waals surface area contributed by atoms with Crippen molar-refractivity contribution in [3.05, 3.63) is 41.0 Å². The second-order valence-electron chi connectivity index (χ2n) is 4.35. The van der Waals surface area contributed by atoms with Crippen molar-refractivity contribution in [3.63, 3.8) is 0 Å². The van der Waals surface area contributed by atoms with Gasteiger partial charge in [-0.1, -0.05) is 38.1 Å². The number of hydrogen-bond acceptors (Lipinski definition) is 1. The molecule has 0 saturated heterocycles. The molecule has 0 atom stereocenters. The van der Waals surface area contributed by atoms with Crippen LogP contribution in [0.15, 0.2) is 29.8 Å². The van der Waals surface area contributed by atoms with E-state index >= 15 is 0 Å². The molecule has 0 saturated carbocycles. The minimum absolute atomic E-state index is 0.683. The summed E-state index contributed by atoms with van der Waals surface area (Å²) in [6.07, 6.45) is 3.88. The molecule has 0 aliphatic carbocycles. The number of carbonyl (C=O) groups is 1. The van der Waals surface area contributed by atoms with Gasteiger partial charge in [-0.25, -0.2) is 0 Å². The fourth-order valence-electron chi connectivity index (χ4n) is 1.52. The monoisotopic (exact) mass is 202 g/mol. The maximum Gasteiger partial charge on any atom is 0.145 e. The van der Waals surface area contributed by atoms with Gasteiger partial charge in [0.25, 0.3) is 0 Å². The van der Waals surface area contributed by atoms with Crippen LogP contribution in [0.3, 0.4) is 0 Å². The molecule has 1 aromatic carbocycles. The first-order chi connectivity index (χ1) is 7.11. The van der Waals surface area contributed by atoms with E-state index in [1.807, 2.05) is 13.0 Å². The summed E-state index contributed by atoms with van der Waals surface area (Å²) in [5, 5.41) is 0. The first kappa shape index (κ1) is 11.7. The highest BCUT2D eigenvalue weighted by Gasteiger charge is 1.97. The fraction of sp³-hybridized carbons (Fsp3) is 0.357. The molecular weight excluding hydrogens is 184 g/mol. The van der Waals surface area contributed by atoms with Crippen LogP contribution in [0.1, 0.15) is 31.9 Å². The summed E-state index contributed by atoms with van der Waals surface area (Å²) in [6.45, 7) is 6.24. The molecule has 0 heterocycles. The third-order valence-corrected chi connectivity index (χ3v) is 2.20. The van der Waals surface area contributed by atoms with Crippen LogP contribution in [0.4, 0.5) is 0 Å². The molecule has 0 aliphatic heterocycles. The zero-order valence-corrected chi connectivity index (χ0v) is 9.66. The summed E-state index contributed by atoms with van der Waals surface area (Å²) in [7, 11) is 0. The molecule has 0 unspecified atom stereocenters. The molecule has 0 aliphatic rings. The highest BCUT2D eigenvalue weighted by Crippen LogP contribution is 2.11. The minimum atomic E-state index is 0.683. The van der Waals surface area contributed by atoms with E-state index in [0.29, 0.717) is 5.92 Å². The Morgan fingerprint density at radius 2 is 1.87 bits per heavy atom. The van der Waals surface area contributed by atoms with Crippen molar-refractivity contribution >= 4 is 12.4 Å². The van der Waals surface area contributed by atoms with Crippen molar-refractivity contribution < 1.29 is 4.79 Å². The number of allylic oxidation sites excluding steroid dienone is 1. The van der Waals surface area contributed by atoms with Crippen LogP contribution < -0.4 is 0 Å². The van der Waals surface area contributed by atoms with Crippen LogP contribution in [0, 0.1) is 5.92 Å². The van der Waals surface area contributed by atoms with Gasteiger partial charge in [-0.15, -0.1) is 0 Å². The van der Waals surface area contributed by atoms with Gasteiger partial charge in [0.15, 0.2) is 0 Å². The number of hydrogen-bond donors (Lipinski definition) is 0. The second kappa shape index (κ2) is 5.50. The molecular formula is C14H18O. The SMILES string of the molecule is CC(C=O)=Cc1ccc(CC(C)C)cc1. The Labute approximate surface area is 91.8 Å². The minimum Gasteiger partial charge on any atom is -0.298 e. The Kier molecular flexibility index (Phi) is 4.29. The van der Waals surface area contributed by atoms with Crippen molar-refractivity contribution in [2.45, 2.75) is 27.2 Å². The van der Waals surface area contributed by atoms with Crippen molar-refractivity contribution in [3.8, 4) is 0 Å². The first-order valence-corrected chi connectivity index (χ1v) is 5.34. The van der Waals surface area contributed by atoms with Crippen LogP contribution in [0.5, 0.6) is 0 Å². The summed E-state index contributed by atoms with van der Waals surface area (Å²) >= 11 is 0. The molecule has 1 nitrogen and oxygen atoms in total. The Bertz CT molecular complexity index is 344. The maximum absolute atomic E-state index is 10.5. The molecule has 0 N–H and O–H groups in total. The van der Waals surface area contributed by atoms with Crippen LogP contribution in [0.2, 0.25) is 0 Å². The maximum atomic E-state index is 10.5. The van der Waals surface area contributed by atoms with Crippen LogP contribution in [0.25, 0.3) is 6.08 Å². The first-order valence-electron chi connectivity index (χ1n) is 5.34. The fourth-order valence-corrected chi connectivity index (χ4v) is 1.52. The summed E-state index contributed by atoms with van der Waals surface area (Å²) in [4.78, 5) is 10.5. The largest absolute Gasteiger partial charge is 0.298 e. The van der Waals surface area contributed by atoms with E-state index in [0.717, 1.165) is 23.8 Å². The average molecular weight is 202 g/mol. The number of benzene rings is 1. The predicted molar refractivity (Wildman–Crippen MR) is 64.7 cm³/mol. The van der Waals surface area contributed by atoms with Crippen LogP contribution >= 0.6 is 0 Å². The Hall–Kier alpha value is -1.37. The lowest BCUT2D eigenvalue weighted by Crippen LogP contribution is -1.93. The molecule has 0 spiro atoms. The molecule has 1 rings (SSSR count). The van der Waals surface area contributed by atoms with E-state index in [9.17, 15) is 4.79 Å². The molecule has 0 radical (unpaired) electrons. The van der Waals surface area contributed by atoms with Gasteiger partial charge >= 0.3 is 0 Å². The zero-order chi connectivity index (χ0) is 11.3. The van der Waals surface area contributed by atoms with E-state index in [1.165, 1.54) is 5.56 Å². The van der Waals surface area contributed by atoms with Gasteiger partial charge in [0.05, 0.1) is 0 Å². The van der Waals surface area contributed by atoms with E-state index in [1.54, 1.807) is 0 Å². The molecule has 15 heavy (non-hydrogen) atoms. The molecule has 1 heteroatoms. The third kappa shape index (κ3) is 4.11. The van der Waals surface area contributed by atoms with Gasteiger partial charge in [-0.05, 0) is 42.0 Å². The van der Waals surface area contributed by atoms with Gasteiger partial charge in [0.1, 0.15) is 6.29 Å². The van der Waals surface area contributed by atoms with Crippen molar-refractivity contribution in [1.29, 1.82) is 0 Å². The highest BCUT2D eigenvalue weighted by molar-refractivity contribution is 5.80. The van der Waals surface area contributed by atoms with E-state index in [-0.39, 0.29) is 0 Å². The van der Waals surface area contributed by atoms with E-state index < -0.39 is 0 Å². The lowest BCUT2D eigenvalue weighted by atomic mass is 10.0. The smallest absolute Gasteiger partial charge is 0.145 e. The summed E-state index contributed by atoms with van der Waals surface area (Å²) in [5.41, 5.74) is 3.20. The Balaban J connectivity index is 2.76. The van der Waals surface area contributed by atoms with Crippen molar-refractivity contribution in [1.82, 2.24) is 0 Å². The topological polar surface area (TPSA) is 17.1 Å². The number of carbonyl (C=O) groups excluding carboxylic acids is 1. The second-order valence-corrected chi connectivity index (χ2v) is 4.35. The van der Waals surface area contributed by atoms with E-state index in [4.69, 9.17) is 0 Å². The standard InChI is InChI=1S/C14H18O/c1-11(2)8-13-4-6-14(7-5-13)9-12(3)10-15/h4-7,9-11H,8H2,1-3H3. The normalized spacial score (nSPS) is 11.9. The zero-order valence-electron chi connectivity index (χ0n) is 9.66. The highest BCUT2D eigenvalue weighted by atomic mass is 16.1. The van der Waals surface area contributed by atoms with Gasteiger partial charge in [-0.3, -0.25) is 4.79 Å². The van der Waals surface area contributed by atoms with Crippen LogP contribution in [-0.2, 0) is 11.2 Å². The molecule has 0 aromatic heterocycles. The van der Waals surface area contributed by atoms with Gasteiger partial charge < -0.3 is 0 Å². The predicted octanol–water partition coefficient (Wildman–Crippen LogP) is 3.49. The van der Waals surface area contributed by atoms with Crippen molar-refractivity contribution in [2.24, 2.45) is 5.92 Å². The third-order valence-electron chi connectivity index (χ3n) is 2.20. The van der Waals surface area contributed by atoms with Crippen LogP contribution in [-0.4, -0.2) is 6.29 Å². The summed E-state index contributed by atoms with van der Waals surface area (Å²) in [5.74, 6) is 0.683. The average Bonchev–Trinajstić information content (AvgIpc) is 2.20. The van der Waals surface area contributed by atoms with E-state index in [2.05, 4.69) is 38.1 Å². The van der Waals surface area contributed by atoms with Crippen molar-refractivity contribution in [2.75, 3.05) is 0 Å². The summed E-state index contributed by atoms with van der Waals surface area (Å²) < 4.78 is 0. The number of rotatable bonds is 4. The lowest BCUT2D eigenvalue weighted by molar-refractivity contribution is -0.104. The molecule has 0 amide bonds. The Morgan fingerprint density at radius 3 is 2.33 bits per heavy atom. The lowest BCUT2D eigenvalue weighted by Gasteiger charge is -2.04. The molecule has 1 aromatic rings. The van der Waals surface area contributed by atoms with Gasteiger partial charge in [-0.2, -0.15) is 0 Å². The quantitative estimate of drug-likeness (QED) is 0.539.